The topological polar surface area (TPSA) is 110 Å². The number of hydrazine groups is 2. The van der Waals surface area contributed by atoms with Crippen molar-refractivity contribution in [3.63, 3.8) is 0 Å². The van der Waals surface area contributed by atoms with E-state index in [9.17, 15) is 20.2 Å². The fraction of sp³-hybridized carbons (Fsp3) is 0. The molecule has 0 aliphatic heterocycles. The van der Waals surface area contributed by atoms with Crippen LogP contribution in [0.5, 0.6) is 0 Å². The van der Waals surface area contributed by atoms with E-state index in [1.165, 1.54) is 12.1 Å². The smallest absolute Gasteiger partial charge is 0.258 e. The van der Waals surface area contributed by atoms with Crippen LogP contribution in [0, 0.1) is 20.2 Å². The second-order valence-electron chi connectivity index (χ2n) is 2.42. The molecule has 0 unspecified atom stereocenters. The van der Waals surface area contributed by atoms with Crippen LogP contribution in [0.2, 0.25) is 5.02 Å². The molecule has 1 aromatic rings. The van der Waals surface area contributed by atoms with E-state index in [4.69, 9.17) is 11.6 Å². The van der Waals surface area contributed by atoms with Crippen molar-refractivity contribution in [3.05, 3.63) is 43.5 Å². The molecular weight excluding hydrogens is 228 g/mol. The highest BCUT2D eigenvalue weighted by Gasteiger charge is 2.09. The maximum atomic E-state index is 10.3. The Hall–Kier alpha value is -2.09. The van der Waals surface area contributed by atoms with Crippen molar-refractivity contribution < 1.29 is 9.96 Å². The van der Waals surface area contributed by atoms with Gasteiger partial charge in [0.05, 0.1) is 15.6 Å². The van der Waals surface area contributed by atoms with Crippen LogP contribution in [0.4, 0.5) is 11.4 Å². The summed E-state index contributed by atoms with van der Waals surface area (Å²) in [5, 5.41) is 19.5. The minimum absolute atomic E-state index is 0.0125. The van der Waals surface area contributed by atoms with Gasteiger partial charge in [0.15, 0.2) is 5.03 Å². The number of non-ortho nitro benzene ring substituents is 1. The Bertz CT molecular complexity index is 410. The molecule has 0 saturated heterocycles. The maximum Gasteiger partial charge on any atom is 0.271 e. The first-order valence-corrected chi connectivity index (χ1v) is 3.98. The average Bonchev–Trinajstić information content (AvgIpc) is 2.15. The van der Waals surface area contributed by atoms with Crippen LogP contribution in [0.15, 0.2) is 18.2 Å². The number of nitro groups is 2. The van der Waals surface area contributed by atoms with Gasteiger partial charge in [0.25, 0.3) is 5.69 Å². The SMILES string of the molecule is O=[N+]([O-])NNc1ccc([N+](=O)[O-])cc1Cl. The summed E-state index contributed by atoms with van der Waals surface area (Å²) in [5.41, 5.74) is 3.84. The highest BCUT2D eigenvalue weighted by molar-refractivity contribution is 6.33. The van der Waals surface area contributed by atoms with Gasteiger partial charge in [-0.1, -0.05) is 11.6 Å². The second kappa shape index (κ2) is 4.42. The minimum Gasteiger partial charge on any atom is -0.258 e. The molecule has 0 spiro atoms. The van der Waals surface area contributed by atoms with Gasteiger partial charge in [-0.2, -0.15) is 0 Å². The molecule has 0 aliphatic carbocycles. The molecule has 2 N–H and O–H groups in total. The van der Waals surface area contributed by atoms with Gasteiger partial charge in [0.2, 0.25) is 0 Å². The van der Waals surface area contributed by atoms with Gasteiger partial charge in [-0.05, 0) is 11.6 Å². The van der Waals surface area contributed by atoms with E-state index in [1.807, 2.05) is 0 Å². The van der Waals surface area contributed by atoms with Crippen LogP contribution in [-0.2, 0) is 0 Å². The number of rotatable bonds is 4. The van der Waals surface area contributed by atoms with Crippen molar-refractivity contribution in [3.8, 4) is 0 Å². The number of nitrogens with zero attached hydrogens (tertiary/aromatic N) is 2. The molecule has 80 valence electrons. The summed E-state index contributed by atoms with van der Waals surface area (Å²) in [4.78, 5) is 19.7. The van der Waals surface area contributed by atoms with Gasteiger partial charge in [-0.15, -0.1) is 0 Å². The summed E-state index contributed by atoms with van der Waals surface area (Å²) in [5.74, 6) is 0. The fourth-order valence-corrected chi connectivity index (χ4v) is 1.05. The molecule has 0 aromatic heterocycles. The zero-order chi connectivity index (χ0) is 11.4. The molecule has 0 heterocycles. The summed E-state index contributed by atoms with van der Waals surface area (Å²) >= 11 is 5.63. The normalized spacial score (nSPS) is 9.40. The maximum absolute atomic E-state index is 10.3. The van der Waals surface area contributed by atoms with Crippen molar-refractivity contribution in [2.45, 2.75) is 0 Å². The number of nitro benzene ring substituents is 1. The Labute approximate surface area is 88.1 Å². The third-order valence-corrected chi connectivity index (χ3v) is 1.76. The Balaban J connectivity index is 2.83. The molecule has 1 aromatic carbocycles. The first-order valence-electron chi connectivity index (χ1n) is 3.60. The van der Waals surface area contributed by atoms with Crippen molar-refractivity contribution >= 4 is 23.0 Å². The highest BCUT2D eigenvalue weighted by Crippen LogP contribution is 2.25. The van der Waals surface area contributed by atoms with Crippen molar-refractivity contribution in [2.75, 3.05) is 5.43 Å². The predicted octanol–water partition coefficient (Wildman–Crippen LogP) is 1.36. The van der Waals surface area contributed by atoms with Gasteiger partial charge in [-0.3, -0.25) is 10.1 Å². The molecule has 1 rings (SSSR count). The number of benzene rings is 1. The molecule has 0 saturated carbocycles. The Morgan fingerprint density at radius 1 is 1.27 bits per heavy atom. The molecule has 9 heteroatoms. The number of anilines is 1. The molecule has 8 nitrogen and oxygen atoms in total. The summed E-state index contributed by atoms with van der Waals surface area (Å²) in [6, 6.07) is 3.53. The van der Waals surface area contributed by atoms with E-state index < -0.39 is 9.96 Å². The molecule has 0 bridgehead atoms. The van der Waals surface area contributed by atoms with Crippen LogP contribution in [0.3, 0.4) is 0 Å². The van der Waals surface area contributed by atoms with Gasteiger partial charge in [-0.25, -0.2) is 15.5 Å². The lowest BCUT2D eigenvalue weighted by Crippen LogP contribution is -2.27. The molecule has 0 radical (unpaired) electrons. The van der Waals surface area contributed by atoms with Gasteiger partial charge < -0.3 is 0 Å². The monoisotopic (exact) mass is 232 g/mol. The first-order chi connectivity index (χ1) is 7.00. The molecule has 0 aliphatic rings. The van der Waals surface area contributed by atoms with Crippen LogP contribution in [-0.4, -0.2) is 9.96 Å². The molecule has 0 atom stereocenters. The lowest BCUT2D eigenvalue weighted by Gasteiger charge is -2.03. The van der Waals surface area contributed by atoms with E-state index in [0.717, 1.165) is 6.07 Å². The molecule has 0 amide bonds. The van der Waals surface area contributed by atoms with E-state index in [1.54, 1.807) is 5.53 Å². The Kier molecular flexibility index (Phi) is 3.24. The Morgan fingerprint density at radius 3 is 2.40 bits per heavy atom. The lowest BCUT2D eigenvalue weighted by atomic mass is 10.3. The predicted molar refractivity (Wildman–Crippen MR) is 51.9 cm³/mol. The zero-order valence-electron chi connectivity index (χ0n) is 7.14. The van der Waals surface area contributed by atoms with E-state index >= 15 is 0 Å². The summed E-state index contributed by atoms with van der Waals surface area (Å²) in [6.07, 6.45) is 0. The minimum atomic E-state index is -0.822. The number of halogens is 1. The molecule has 15 heavy (non-hydrogen) atoms. The van der Waals surface area contributed by atoms with Crippen molar-refractivity contribution in [1.29, 1.82) is 0 Å². The quantitative estimate of drug-likeness (QED) is 0.599. The zero-order valence-corrected chi connectivity index (χ0v) is 7.89. The average molecular weight is 233 g/mol. The van der Waals surface area contributed by atoms with E-state index in [2.05, 4.69) is 5.43 Å². The van der Waals surface area contributed by atoms with Crippen LogP contribution >= 0.6 is 11.6 Å². The standard InChI is InChI=1S/C6H5ClN4O4/c7-5-3-4(10(12)13)1-2-6(5)8-9-11(14)15/h1-3,8-9H. The van der Waals surface area contributed by atoms with Gasteiger partial charge in [0, 0.05) is 12.1 Å². The number of nitrogens with one attached hydrogen (secondary N) is 2. The number of hydrogen-bond donors (Lipinski definition) is 2. The van der Waals surface area contributed by atoms with E-state index in [0.29, 0.717) is 0 Å². The third kappa shape index (κ3) is 2.95. The molecule has 0 fully saturated rings. The summed E-state index contributed by atoms with van der Waals surface area (Å²) in [7, 11) is 0. The Morgan fingerprint density at radius 2 is 1.93 bits per heavy atom. The van der Waals surface area contributed by atoms with Gasteiger partial charge in [0.1, 0.15) is 0 Å². The summed E-state index contributed by atoms with van der Waals surface area (Å²) < 4.78 is 0. The van der Waals surface area contributed by atoms with Crippen molar-refractivity contribution in [1.82, 2.24) is 5.53 Å². The summed E-state index contributed by atoms with van der Waals surface area (Å²) in [6.45, 7) is 0. The lowest BCUT2D eigenvalue weighted by molar-refractivity contribution is -0.538. The van der Waals surface area contributed by atoms with E-state index in [-0.39, 0.29) is 16.4 Å². The fourth-order valence-electron chi connectivity index (χ4n) is 0.825. The van der Waals surface area contributed by atoms with Crippen LogP contribution in [0.25, 0.3) is 0 Å². The van der Waals surface area contributed by atoms with Crippen molar-refractivity contribution in [2.24, 2.45) is 0 Å². The molecular formula is C6H5ClN4O4. The van der Waals surface area contributed by atoms with Crippen LogP contribution in [0.1, 0.15) is 0 Å². The second-order valence-corrected chi connectivity index (χ2v) is 2.82. The van der Waals surface area contributed by atoms with Crippen LogP contribution < -0.4 is 11.0 Å². The third-order valence-electron chi connectivity index (χ3n) is 1.45. The number of hydrogen-bond acceptors (Lipinski definition) is 5. The first kappa shape index (κ1) is 11.0. The largest absolute Gasteiger partial charge is 0.271 e. The highest BCUT2D eigenvalue weighted by atomic mass is 35.5. The van der Waals surface area contributed by atoms with Gasteiger partial charge >= 0.3 is 0 Å².